The maximum Gasteiger partial charge on any atom is 0.0610 e. The van der Waals surface area contributed by atoms with E-state index in [4.69, 9.17) is 0 Å². The summed E-state index contributed by atoms with van der Waals surface area (Å²) >= 11 is 0. The van der Waals surface area contributed by atoms with Gasteiger partial charge in [0.05, 0.1) is 12.2 Å². The molecule has 3 fully saturated rings. The molecule has 0 aromatic rings. The zero-order valence-corrected chi connectivity index (χ0v) is 14.1. The first-order chi connectivity index (χ1) is 10.3. The second-order valence-corrected chi connectivity index (χ2v) is 8.62. The largest absolute Gasteiger partial charge is 0.396 e. The van der Waals surface area contributed by atoms with Crippen molar-refractivity contribution >= 4 is 0 Å². The Bertz CT molecular complexity index is 448. The number of allylic oxidation sites excluding steroid dienone is 1. The van der Waals surface area contributed by atoms with Gasteiger partial charge in [-0.05, 0) is 73.5 Å². The maximum absolute atomic E-state index is 11.1. The molecule has 0 radical (unpaired) electrons. The summed E-state index contributed by atoms with van der Waals surface area (Å²) in [6.45, 7) is 8.89. The van der Waals surface area contributed by atoms with Crippen molar-refractivity contribution in [2.24, 2.45) is 28.6 Å². The van der Waals surface area contributed by atoms with Gasteiger partial charge in [-0.3, -0.25) is 0 Å². The molecule has 22 heavy (non-hydrogen) atoms. The van der Waals surface area contributed by atoms with Gasteiger partial charge in [0.15, 0.2) is 0 Å². The van der Waals surface area contributed by atoms with Crippen LogP contribution in [0.3, 0.4) is 0 Å². The van der Waals surface area contributed by atoms with Crippen molar-refractivity contribution in [3.63, 3.8) is 0 Å². The first kappa shape index (κ1) is 16.5. The summed E-state index contributed by atoms with van der Waals surface area (Å²) in [5.74, 6) is 0.660. The summed E-state index contributed by atoms with van der Waals surface area (Å²) in [5, 5.41) is 30.9. The summed E-state index contributed by atoms with van der Waals surface area (Å²) in [6.07, 6.45) is 6.00. The molecule has 0 amide bonds. The van der Waals surface area contributed by atoms with Gasteiger partial charge in [0, 0.05) is 6.61 Å². The van der Waals surface area contributed by atoms with Gasteiger partial charge < -0.3 is 15.3 Å². The molecule has 3 aliphatic carbocycles. The average Bonchev–Trinajstić information content (AvgIpc) is 2.78. The molecule has 7 atom stereocenters. The minimum Gasteiger partial charge on any atom is -0.396 e. The van der Waals surface area contributed by atoms with Crippen LogP contribution in [-0.2, 0) is 0 Å². The second-order valence-electron chi connectivity index (χ2n) is 8.62. The van der Waals surface area contributed by atoms with Crippen LogP contribution in [-0.4, -0.2) is 34.1 Å². The lowest BCUT2D eigenvalue weighted by Crippen LogP contribution is -2.53. The van der Waals surface area contributed by atoms with E-state index in [-0.39, 0.29) is 41.5 Å². The van der Waals surface area contributed by atoms with E-state index in [0.29, 0.717) is 12.3 Å². The summed E-state index contributed by atoms with van der Waals surface area (Å²) in [6, 6.07) is 0. The number of hydrogen-bond acceptors (Lipinski definition) is 3. The molecule has 3 N–H and O–H groups in total. The monoisotopic (exact) mass is 308 g/mol. The summed E-state index contributed by atoms with van der Waals surface area (Å²) in [4.78, 5) is 0. The van der Waals surface area contributed by atoms with Crippen molar-refractivity contribution in [3.8, 4) is 0 Å². The van der Waals surface area contributed by atoms with Crippen LogP contribution in [0.15, 0.2) is 12.2 Å². The van der Waals surface area contributed by atoms with Gasteiger partial charge in [0.25, 0.3) is 0 Å². The molecule has 3 rings (SSSR count). The van der Waals surface area contributed by atoms with Crippen molar-refractivity contribution < 1.29 is 15.3 Å². The highest BCUT2D eigenvalue weighted by Gasteiger charge is 2.56. The highest BCUT2D eigenvalue weighted by molar-refractivity contribution is 5.21. The molecule has 3 unspecified atom stereocenters. The lowest BCUT2D eigenvalue weighted by molar-refractivity contribution is -0.126. The Morgan fingerprint density at radius 3 is 2.50 bits per heavy atom. The lowest BCUT2D eigenvalue weighted by Gasteiger charge is -2.55. The fourth-order valence-corrected chi connectivity index (χ4v) is 5.90. The molecule has 3 nitrogen and oxygen atoms in total. The third-order valence-electron chi connectivity index (χ3n) is 7.76. The van der Waals surface area contributed by atoms with Crippen LogP contribution in [0.5, 0.6) is 0 Å². The number of hydrogen-bond donors (Lipinski definition) is 3. The SMILES string of the molecule is C=C1CCC2C(O)C([C@@]3(C)CC[C@H](O)C[C@@H]3CO)CC[C@]12C. The predicted octanol–water partition coefficient (Wildman–Crippen LogP) is 2.89. The molecule has 0 aromatic heterocycles. The van der Waals surface area contributed by atoms with E-state index in [1.165, 1.54) is 5.57 Å². The van der Waals surface area contributed by atoms with Crippen LogP contribution < -0.4 is 0 Å². The van der Waals surface area contributed by atoms with Gasteiger partial charge in [-0.2, -0.15) is 0 Å². The van der Waals surface area contributed by atoms with E-state index in [1.54, 1.807) is 0 Å². The molecule has 0 heterocycles. The molecule has 0 bridgehead atoms. The van der Waals surface area contributed by atoms with Crippen molar-refractivity contribution in [3.05, 3.63) is 12.2 Å². The van der Waals surface area contributed by atoms with Gasteiger partial charge in [-0.1, -0.05) is 26.0 Å². The predicted molar refractivity (Wildman–Crippen MR) is 87.2 cm³/mol. The van der Waals surface area contributed by atoms with Gasteiger partial charge in [-0.25, -0.2) is 0 Å². The summed E-state index contributed by atoms with van der Waals surface area (Å²) in [7, 11) is 0. The Labute approximate surface area is 134 Å². The molecule has 0 aromatic carbocycles. The first-order valence-electron chi connectivity index (χ1n) is 8.98. The molecule has 0 saturated heterocycles. The third-order valence-corrected chi connectivity index (χ3v) is 7.76. The zero-order chi connectivity index (χ0) is 16.1. The van der Waals surface area contributed by atoms with E-state index in [9.17, 15) is 15.3 Å². The Morgan fingerprint density at radius 1 is 1.09 bits per heavy atom. The summed E-state index contributed by atoms with van der Waals surface area (Å²) in [5.41, 5.74) is 1.37. The van der Waals surface area contributed by atoms with Crippen LogP contribution in [0.4, 0.5) is 0 Å². The normalized spacial score (nSPS) is 52.6. The molecular formula is C19H32O3. The number of fused-ring (bicyclic) bond motifs is 1. The Kier molecular flexibility index (Phi) is 4.20. The summed E-state index contributed by atoms with van der Waals surface area (Å²) < 4.78 is 0. The topological polar surface area (TPSA) is 60.7 Å². The Balaban J connectivity index is 1.85. The molecule has 3 aliphatic rings. The minimum absolute atomic E-state index is 0.0569. The van der Waals surface area contributed by atoms with Gasteiger partial charge in [-0.15, -0.1) is 0 Å². The van der Waals surface area contributed by atoms with Crippen LogP contribution >= 0.6 is 0 Å². The second kappa shape index (κ2) is 5.61. The van der Waals surface area contributed by atoms with Gasteiger partial charge in [0.2, 0.25) is 0 Å². The molecular weight excluding hydrogens is 276 g/mol. The maximum atomic E-state index is 11.1. The molecule has 3 saturated carbocycles. The van der Waals surface area contributed by atoms with E-state index in [2.05, 4.69) is 20.4 Å². The molecule has 126 valence electrons. The van der Waals surface area contributed by atoms with E-state index >= 15 is 0 Å². The number of aliphatic hydroxyl groups excluding tert-OH is 3. The average molecular weight is 308 g/mol. The molecule has 3 heteroatoms. The van der Waals surface area contributed by atoms with Crippen molar-refractivity contribution in [1.82, 2.24) is 0 Å². The van der Waals surface area contributed by atoms with Gasteiger partial charge in [0.1, 0.15) is 0 Å². The quantitative estimate of drug-likeness (QED) is 0.687. The molecule has 0 aliphatic heterocycles. The molecule has 0 spiro atoms. The Morgan fingerprint density at radius 2 is 1.82 bits per heavy atom. The smallest absolute Gasteiger partial charge is 0.0610 e. The fourth-order valence-electron chi connectivity index (χ4n) is 5.90. The van der Waals surface area contributed by atoms with E-state index in [1.807, 2.05) is 0 Å². The van der Waals surface area contributed by atoms with Gasteiger partial charge >= 0.3 is 0 Å². The van der Waals surface area contributed by atoms with Crippen LogP contribution in [0.1, 0.15) is 58.8 Å². The lowest BCUT2D eigenvalue weighted by atomic mass is 9.52. The van der Waals surface area contributed by atoms with Crippen molar-refractivity contribution in [2.75, 3.05) is 6.61 Å². The number of aliphatic hydroxyl groups is 3. The number of rotatable bonds is 2. The first-order valence-corrected chi connectivity index (χ1v) is 8.98. The zero-order valence-electron chi connectivity index (χ0n) is 14.1. The van der Waals surface area contributed by atoms with Crippen LogP contribution in [0.25, 0.3) is 0 Å². The third kappa shape index (κ3) is 2.28. The Hall–Kier alpha value is -0.380. The minimum atomic E-state index is -0.299. The van der Waals surface area contributed by atoms with Crippen LogP contribution in [0, 0.1) is 28.6 Å². The van der Waals surface area contributed by atoms with Crippen molar-refractivity contribution in [1.29, 1.82) is 0 Å². The highest BCUT2D eigenvalue weighted by atomic mass is 16.3. The fraction of sp³-hybridized carbons (Fsp3) is 0.895. The standard InChI is InChI=1S/C19H32O3/c1-12-4-5-15-17(22)16(7-9-18(12,15)2)19(3)8-6-14(21)10-13(19)11-20/h13-17,20-22H,1,4-11H2,2-3H3/t13-,14+,15?,16?,17?,18-,19+/m1/s1. The van der Waals surface area contributed by atoms with E-state index in [0.717, 1.165) is 38.5 Å². The highest BCUT2D eigenvalue weighted by Crippen LogP contribution is 2.61. The van der Waals surface area contributed by atoms with Crippen LogP contribution in [0.2, 0.25) is 0 Å². The van der Waals surface area contributed by atoms with Crippen molar-refractivity contribution in [2.45, 2.75) is 71.0 Å². The van der Waals surface area contributed by atoms with E-state index < -0.39 is 0 Å².